The maximum absolute atomic E-state index is 12.2. The predicted molar refractivity (Wildman–Crippen MR) is 38.6 cm³/mol. The lowest BCUT2D eigenvalue weighted by Gasteiger charge is -2.02. The Morgan fingerprint density at radius 1 is 1.58 bits per heavy atom. The Labute approximate surface area is 68.5 Å². The van der Waals surface area contributed by atoms with Gasteiger partial charge in [0, 0.05) is 11.8 Å². The molecule has 0 spiro atoms. The first-order valence-electron chi connectivity index (χ1n) is 3.30. The van der Waals surface area contributed by atoms with E-state index >= 15 is 0 Å². The Hall–Kier alpha value is -1.50. The highest BCUT2D eigenvalue weighted by Crippen LogP contribution is 2.21. The molecule has 1 heterocycles. The van der Waals surface area contributed by atoms with Crippen LogP contribution in [0.1, 0.15) is 23.2 Å². The van der Waals surface area contributed by atoms with Crippen LogP contribution < -0.4 is 0 Å². The SMILES string of the molecule is Cc1cnc(C#N)cc1C(F)F. The second-order valence-corrected chi connectivity index (χ2v) is 2.34. The zero-order valence-electron chi connectivity index (χ0n) is 6.38. The van der Waals surface area contributed by atoms with Gasteiger partial charge in [-0.25, -0.2) is 13.8 Å². The number of nitriles is 1. The summed E-state index contributed by atoms with van der Waals surface area (Å²) >= 11 is 0. The minimum Gasteiger partial charge on any atom is -0.245 e. The van der Waals surface area contributed by atoms with E-state index in [1.165, 1.54) is 13.1 Å². The largest absolute Gasteiger partial charge is 0.264 e. The molecule has 4 heteroatoms. The van der Waals surface area contributed by atoms with E-state index < -0.39 is 6.43 Å². The van der Waals surface area contributed by atoms with E-state index in [4.69, 9.17) is 5.26 Å². The van der Waals surface area contributed by atoms with Crippen LogP contribution in [0.15, 0.2) is 12.3 Å². The van der Waals surface area contributed by atoms with Crippen molar-refractivity contribution in [2.45, 2.75) is 13.3 Å². The Balaban J connectivity index is 3.19. The van der Waals surface area contributed by atoms with Crippen LogP contribution in [0, 0.1) is 18.3 Å². The molecule has 0 N–H and O–H groups in total. The van der Waals surface area contributed by atoms with Gasteiger partial charge in [-0.3, -0.25) is 0 Å². The first-order chi connectivity index (χ1) is 5.65. The van der Waals surface area contributed by atoms with Gasteiger partial charge >= 0.3 is 0 Å². The summed E-state index contributed by atoms with van der Waals surface area (Å²) in [6.07, 6.45) is -1.26. The van der Waals surface area contributed by atoms with Crippen LogP contribution in [0.3, 0.4) is 0 Å². The highest BCUT2D eigenvalue weighted by Gasteiger charge is 2.11. The average molecular weight is 168 g/mol. The number of hydrogen-bond donors (Lipinski definition) is 0. The van der Waals surface area contributed by atoms with Crippen molar-refractivity contribution in [2.75, 3.05) is 0 Å². The van der Waals surface area contributed by atoms with Gasteiger partial charge in [0.05, 0.1) is 0 Å². The van der Waals surface area contributed by atoms with Crippen LogP contribution >= 0.6 is 0 Å². The lowest BCUT2D eigenvalue weighted by atomic mass is 10.1. The second-order valence-electron chi connectivity index (χ2n) is 2.34. The molecule has 0 bridgehead atoms. The van der Waals surface area contributed by atoms with Crippen molar-refractivity contribution in [2.24, 2.45) is 0 Å². The summed E-state index contributed by atoms with van der Waals surface area (Å²) in [5.74, 6) is 0. The Morgan fingerprint density at radius 3 is 2.75 bits per heavy atom. The van der Waals surface area contributed by atoms with E-state index in [9.17, 15) is 8.78 Å². The molecule has 1 rings (SSSR count). The van der Waals surface area contributed by atoms with Crippen LogP contribution in [0.5, 0.6) is 0 Å². The zero-order valence-corrected chi connectivity index (χ0v) is 6.38. The third-order valence-corrected chi connectivity index (χ3v) is 1.49. The van der Waals surface area contributed by atoms with Crippen molar-refractivity contribution < 1.29 is 8.78 Å². The molecule has 0 unspecified atom stereocenters. The number of hydrogen-bond acceptors (Lipinski definition) is 2. The fourth-order valence-electron chi connectivity index (χ4n) is 0.836. The maximum Gasteiger partial charge on any atom is 0.264 e. The van der Waals surface area contributed by atoms with Crippen LogP contribution in [0.4, 0.5) is 8.78 Å². The third-order valence-electron chi connectivity index (χ3n) is 1.49. The summed E-state index contributed by atoms with van der Waals surface area (Å²) in [4.78, 5) is 3.65. The van der Waals surface area contributed by atoms with Crippen molar-refractivity contribution in [1.82, 2.24) is 4.98 Å². The minimum atomic E-state index is -2.54. The molecule has 0 aliphatic heterocycles. The lowest BCUT2D eigenvalue weighted by Crippen LogP contribution is -1.93. The predicted octanol–water partition coefficient (Wildman–Crippen LogP) is 2.20. The number of halogens is 2. The van der Waals surface area contributed by atoms with E-state index in [2.05, 4.69) is 4.98 Å². The summed E-state index contributed by atoms with van der Waals surface area (Å²) in [6, 6.07) is 2.82. The van der Waals surface area contributed by atoms with Crippen LogP contribution in [0.25, 0.3) is 0 Å². The van der Waals surface area contributed by atoms with Crippen LogP contribution in [0.2, 0.25) is 0 Å². The number of aryl methyl sites for hydroxylation is 1. The molecular weight excluding hydrogens is 162 g/mol. The Bertz CT molecular complexity index is 328. The monoisotopic (exact) mass is 168 g/mol. The first kappa shape index (κ1) is 8.60. The molecular formula is C8H6F2N2. The first-order valence-corrected chi connectivity index (χ1v) is 3.30. The summed E-state index contributed by atoms with van der Waals surface area (Å²) < 4.78 is 24.4. The van der Waals surface area contributed by atoms with Gasteiger partial charge in [-0.1, -0.05) is 0 Å². The number of aromatic nitrogens is 1. The minimum absolute atomic E-state index is 0.0240. The van der Waals surface area contributed by atoms with Gasteiger partial charge in [-0.15, -0.1) is 0 Å². The molecule has 1 aromatic rings. The molecule has 1 aromatic heterocycles. The van der Waals surface area contributed by atoms with E-state index in [-0.39, 0.29) is 11.3 Å². The van der Waals surface area contributed by atoms with Gasteiger partial charge in [0.15, 0.2) is 0 Å². The second kappa shape index (κ2) is 3.26. The molecule has 12 heavy (non-hydrogen) atoms. The smallest absolute Gasteiger partial charge is 0.245 e. The molecule has 0 radical (unpaired) electrons. The van der Waals surface area contributed by atoms with Crippen molar-refractivity contribution in [3.05, 3.63) is 29.1 Å². The molecule has 0 aliphatic carbocycles. The summed E-state index contributed by atoms with van der Waals surface area (Å²) in [5.41, 5.74) is 0.307. The molecule has 0 saturated heterocycles. The van der Waals surface area contributed by atoms with Gasteiger partial charge < -0.3 is 0 Å². The molecule has 2 nitrogen and oxygen atoms in total. The normalized spacial score (nSPS) is 9.92. The van der Waals surface area contributed by atoms with E-state index in [1.54, 1.807) is 6.07 Å². The number of nitrogens with zero attached hydrogens (tertiary/aromatic N) is 2. The van der Waals surface area contributed by atoms with Crippen LogP contribution in [-0.4, -0.2) is 4.98 Å². The number of rotatable bonds is 1. The van der Waals surface area contributed by atoms with Gasteiger partial charge in [0.1, 0.15) is 11.8 Å². The number of alkyl halides is 2. The molecule has 0 aliphatic rings. The summed E-state index contributed by atoms with van der Waals surface area (Å²) in [5, 5.41) is 8.38. The highest BCUT2D eigenvalue weighted by atomic mass is 19.3. The maximum atomic E-state index is 12.2. The Morgan fingerprint density at radius 2 is 2.25 bits per heavy atom. The molecule has 0 atom stereocenters. The zero-order chi connectivity index (χ0) is 9.14. The highest BCUT2D eigenvalue weighted by molar-refractivity contribution is 5.31. The van der Waals surface area contributed by atoms with Crippen LogP contribution in [-0.2, 0) is 0 Å². The fourth-order valence-corrected chi connectivity index (χ4v) is 0.836. The average Bonchev–Trinajstić information content (AvgIpc) is 2.05. The number of pyridine rings is 1. The summed E-state index contributed by atoms with van der Waals surface area (Å²) in [6.45, 7) is 1.54. The van der Waals surface area contributed by atoms with Crippen molar-refractivity contribution in [3.63, 3.8) is 0 Å². The van der Waals surface area contributed by atoms with E-state index in [1.807, 2.05) is 0 Å². The van der Waals surface area contributed by atoms with Crippen molar-refractivity contribution >= 4 is 0 Å². The van der Waals surface area contributed by atoms with Crippen molar-refractivity contribution in [3.8, 4) is 6.07 Å². The molecule has 0 fully saturated rings. The van der Waals surface area contributed by atoms with E-state index in [0.29, 0.717) is 5.56 Å². The quantitative estimate of drug-likeness (QED) is 0.644. The lowest BCUT2D eigenvalue weighted by molar-refractivity contribution is 0.150. The Kier molecular flexibility index (Phi) is 2.34. The van der Waals surface area contributed by atoms with Gasteiger partial charge in [0.25, 0.3) is 6.43 Å². The van der Waals surface area contributed by atoms with Gasteiger partial charge in [-0.2, -0.15) is 5.26 Å². The molecule has 0 saturated carbocycles. The summed E-state index contributed by atoms with van der Waals surface area (Å²) in [7, 11) is 0. The standard InChI is InChI=1S/C8H6F2N2/c1-5-4-12-6(3-11)2-7(5)8(9)10/h2,4,8H,1H3. The fraction of sp³-hybridized carbons (Fsp3) is 0.250. The molecule has 0 amide bonds. The van der Waals surface area contributed by atoms with Crippen molar-refractivity contribution in [1.29, 1.82) is 5.26 Å². The third kappa shape index (κ3) is 1.56. The van der Waals surface area contributed by atoms with Gasteiger partial charge in [0.2, 0.25) is 0 Å². The molecule has 0 aromatic carbocycles. The van der Waals surface area contributed by atoms with Gasteiger partial charge in [-0.05, 0) is 18.6 Å². The van der Waals surface area contributed by atoms with E-state index in [0.717, 1.165) is 6.07 Å². The molecule has 62 valence electrons. The topological polar surface area (TPSA) is 36.7 Å².